The third-order valence-electron chi connectivity index (χ3n) is 5.93. The number of piperidine rings is 1. The van der Waals surface area contributed by atoms with E-state index in [9.17, 15) is 13.2 Å². The second-order valence-corrected chi connectivity index (χ2v) is 9.79. The smallest absolute Gasteiger partial charge is 0.246 e. The largest absolute Gasteiger partial charge is 0.497 e. The minimum Gasteiger partial charge on any atom is -0.497 e. The summed E-state index contributed by atoms with van der Waals surface area (Å²) in [6, 6.07) is 10.6. The Hall–Kier alpha value is -2.58. The molecule has 0 bridgehead atoms. The maximum atomic E-state index is 13.4. The van der Waals surface area contributed by atoms with Gasteiger partial charge in [-0.25, -0.2) is 8.42 Å². The lowest BCUT2D eigenvalue weighted by Gasteiger charge is -2.33. The zero-order valence-corrected chi connectivity index (χ0v) is 19.5. The second-order valence-electron chi connectivity index (χ2n) is 7.88. The van der Waals surface area contributed by atoms with Crippen molar-refractivity contribution in [1.82, 2.24) is 4.31 Å². The number of anilines is 1. The number of hydrogen-bond donors (Lipinski definition) is 0. The number of carbonyl (C=O) groups excluding carboxylic acids is 1. The van der Waals surface area contributed by atoms with Crippen LogP contribution in [-0.2, 0) is 14.8 Å². The van der Waals surface area contributed by atoms with Crippen LogP contribution >= 0.6 is 0 Å². The lowest BCUT2D eigenvalue weighted by Crippen LogP contribution is -2.46. The van der Waals surface area contributed by atoms with Crippen molar-refractivity contribution in [2.75, 3.05) is 39.3 Å². The van der Waals surface area contributed by atoms with Crippen molar-refractivity contribution in [2.45, 2.75) is 31.6 Å². The van der Waals surface area contributed by atoms with E-state index >= 15 is 0 Å². The van der Waals surface area contributed by atoms with Gasteiger partial charge in [0, 0.05) is 31.9 Å². The Morgan fingerprint density at radius 2 is 1.81 bits per heavy atom. The summed E-state index contributed by atoms with van der Waals surface area (Å²) in [5, 5.41) is 0. The minimum atomic E-state index is -3.85. The van der Waals surface area contributed by atoms with Gasteiger partial charge in [-0.3, -0.25) is 4.79 Å². The van der Waals surface area contributed by atoms with Gasteiger partial charge >= 0.3 is 0 Å². The van der Waals surface area contributed by atoms with E-state index in [1.165, 1.54) is 24.6 Å². The maximum absolute atomic E-state index is 13.4. The van der Waals surface area contributed by atoms with Crippen molar-refractivity contribution in [2.24, 2.45) is 5.92 Å². The molecule has 2 aromatic carbocycles. The van der Waals surface area contributed by atoms with Gasteiger partial charge in [-0.2, -0.15) is 4.31 Å². The van der Waals surface area contributed by atoms with Crippen LogP contribution in [0.5, 0.6) is 11.5 Å². The highest BCUT2D eigenvalue weighted by molar-refractivity contribution is 7.89. The minimum absolute atomic E-state index is 0.0463. The first-order chi connectivity index (χ1) is 14.7. The van der Waals surface area contributed by atoms with Gasteiger partial charge in [0.25, 0.3) is 0 Å². The fraction of sp³-hybridized carbons (Fsp3) is 0.435. The molecule has 1 aliphatic rings. The number of nitrogens with zero attached hydrogens (tertiary/aromatic N) is 2. The highest BCUT2D eigenvalue weighted by Crippen LogP contribution is 2.33. The number of methoxy groups -OCH3 is 2. The Kier molecular flexibility index (Phi) is 6.91. The SMILES string of the molecule is COc1ccc(OC)c(S(=O)(=O)N2CCC[C@H](C(=O)N(C)c3ccc(C)c(C)c3)C2)c1. The summed E-state index contributed by atoms with van der Waals surface area (Å²) < 4.78 is 38.6. The fourth-order valence-corrected chi connectivity index (χ4v) is 5.52. The molecule has 1 heterocycles. The fourth-order valence-electron chi connectivity index (χ4n) is 3.82. The number of carbonyl (C=O) groups is 1. The summed E-state index contributed by atoms with van der Waals surface area (Å²) >= 11 is 0. The van der Waals surface area contributed by atoms with E-state index in [2.05, 4.69) is 0 Å². The Morgan fingerprint density at radius 1 is 1.06 bits per heavy atom. The van der Waals surface area contributed by atoms with Gasteiger partial charge in [0.05, 0.1) is 20.1 Å². The summed E-state index contributed by atoms with van der Waals surface area (Å²) in [7, 11) is 0.807. The molecule has 0 spiro atoms. The van der Waals surface area contributed by atoms with Gasteiger partial charge < -0.3 is 14.4 Å². The molecule has 0 aliphatic carbocycles. The van der Waals surface area contributed by atoms with E-state index in [1.807, 2.05) is 32.0 Å². The zero-order valence-electron chi connectivity index (χ0n) is 18.7. The molecule has 0 unspecified atom stereocenters. The second kappa shape index (κ2) is 9.28. The van der Waals surface area contributed by atoms with Crippen molar-refractivity contribution in [3.8, 4) is 11.5 Å². The Morgan fingerprint density at radius 3 is 2.45 bits per heavy atom. The predicted molar refractivity (Wildman–Crippen MR) is 120 cm³/mol. The van der Waals surface area contributed by atoms with Crippen molar-refractivity contribution in [1.29, 1.82) is 0 Å². The molecule has 0 radical (unpaired) electrons. The first kappa shape index (κ1) is 23.1. The topological polar surface area (TPSA) is 76.1 Å². The lowest BCUT2D eigenvalue weighted by atomic mass is 9.98. The van der Waals surface area contributed by atoms with Gasteiger partial charge in [0.1, 0.15) is 16.4 Å². The molecule has 1 amide bonds. The number of benzene rings is 2. The van der Waals surface area contributed by atoms with Crippen LogP contribution in [0.15, 0.2) is 41.3 Å². The molecule has 1 saturated heterocycles. The molecule has 31 heavy (non-hydrogen) atoms. The van der Waals surface area contributed by atoms with Crippen LogP contribution < -0.4 is 14.4 Å². The monoisotopic (exact) mass is 446 g/mol. The van der Waals surface area contributed by atoms with Gasteiger partial charge in [-0.05, 0) is 62.1 Å². The van der Waals surface area contributed by atoms with Crippen LogP contribution in [-0.4, -0.2) is 53.0 Å². The predicted octanol–water partition coefficient (Wildman–Crippen LogP) is 3.38. The van der Waals surface area contributed by atoms with E-state index in [-0.39, 0.29) is 23.1 Å². The maximum Gasteiger partial charge on any atom is 0.246 e. The van der Waals surface area contributed by atoms with E-state index in [1.54, 1.807) is 24.1 Å². The third-order valence-corrected chi connectivity index (χ3v) is 7.82. The average Bonchev–Trinajstić information content (AvgIpc) is 2.79. The van der Waals surface area contributed by atoms with E-state index in [4.69, 9.17) is 9.47 Å². The van der Waals surface area contributed by atoms with Crippen molar-refractivity contribution >= 4 is 21.6 Å². The number of amides is 1. The number of hydrogen-bond acceptors (Lipinski definition) is 5. The van der Waals surface area contributed by atoms with Crippen LogP contribution in [0.3, 0.4) is 0 Å². The van der Waals surface area contributed by atoms with Crippen LogP contribution in [0, 0.1) is 19.8 Å². The Balaban J connectivity index is 1.84. The highest BCUT2D eigenvalue weighted by atomic mass is 32.2. The molecule has 0 saturated carbocycles. The summed E-state index contributed by atoms with van der Waals surface area (Å²) in [5.41, 5.74) is 3.07. The summed E-state index contributed by atoms with van der Waals surface area (Å²) in [4.78, 5) is 14.9. The number of ether oxygens (including phenoxy) is 2. The molecule has 7 nitrogen and oxygen atoms in total. The molecule has 1 aliphatic heterocycles. The van der Waals surface area contributed by atoms with Crippen molar-refractivity contribution in [3.63, 3.8) is 0 Å². The van der Waals surface area contributed by atoms with Crippen LogP contribution in [0.4, 0.5) is 5.69 Å². The van der Waals surface area contributed by atoms with Crippen LogP contribution in [0.1, 0.15) is 24.0 Å². The quantitative estimate of drug-likeness (QED) is 0.680. The van der Waals surface area contributed by atoms with E-state index in [0.29, 0.717) is 25.1 Å². The van der Waals surface area contributed by atoms with Crippen LogP contribution in [0.25, 0.3) is 0 Å². The molecular weight excluding hydrogens is 416 g/mol. The number of sulfonamides is 1. The first-order valence-corrected chi connectivity index (χ1v) is 11.7. The van der Waals surface area contributed by atoms with E-state index < -0.39 is 15.9 Å². The summed E-state index contributed by atoms with van der Waals surface area (Å²) in [5.74, 6) is 0.187. The molecule has 168 valence electrons. The van der Waals surface area contributed by atoms with Gasteiger partial charge in [0.15, 0.2) is 0 Å². The molecular formula is C23H30N2O5S. The normalized spacial score (nSPS) is 17.3. The lowest BCUT2D eigenvalue weighted by molar-refractivity contribution is -0.123. The van der Waals surface area contributed by atoms with E-state index in [0.717, 1.165) is 16.8 Å². The van der Waals surface area contributed by atoms with Crippen molar-refractivity contribution < 1.29 is 22.7 Å². The van der Waals surface area contributed by atoms with Gasteiger partial charge in [-0.15, -0.1) is 0 Å². The molecule has 8 heteroatoms. The first-order valence-electron chi connectivity index (χ1n) is 10.3. The zero-order chi connectivity index (χ0) is 22.8. The average molecular weight is 447 g/mol. The van der Waals surface area contributed by atoms with Gasteiger partial charge in [-0.1, -0.05) is 6.07 Å². The molecule has 1 atom stereocenters. The molecule has 0 aromatic heterocycles. The van der Waals surface area contributed by atoms with Crippen LogP contribution in [0.2, 0.25) is 0 Å². The molecule has 3 rings (SSSR count). The standard InChI is InChI=1S/C23H30N2O5S/c1-16-8-9-19(13-17(16)2)24(3)23(26)18-7-6-12-25(15-18)31(27,28)22-14-20(29-4)10-11-21(22)30-5/h8-11,13-14,18H,6-7,12,15H2,1-5H3/t18-/m0/s1. The molecule has 0 N–H and O–H groups in total. The molecule has 1 fully saturated rings. The Bertz CT molecular complexity index is 1070. The summed E-state index contributed by atoms with van der Waals surface area (Å²) in [6.07, 6.45) is 1.26. The van der Waals surface area contributed by atoms with Gasteiger partial charge in [0.2, 0.25) is 15.9 Å². The van der Waals surface area contributed by atoms with Crippen molar-refractivity contribution in [3.05, 3.63) is 47.5 Å². The third kappa shape index (κ3) is 4.70. The molecule has 2 aromatic rings. The summed E-state index contributed by atoms with van der Waals surface area (Å²) in [6.45, 7) is 4.53. The number of rotatable bonds is 6. The number of aryl methyl sites for hydroxylation is 2. The Labute approximate surface area is 184 Å². The highest BCUT2D eigenvalue weighted by Gasteiger charge is 2.36.